The molecule has 0 aliphatic rings. The molecule has 0 unspecified atom stereocenters. The second kappa shape index (κ2) is 7.81. The van der Waals surface area contributed by atoms with E-state index in [1.54, 1.807) is 48.5 Å². The van der Waals surface area contributed by atoms with E-state index in [0.717, 1.165) is 0 Å². The maximum Gasteiger partial charge on any atom is 0.354 e. The van der Waals surface area contributed by atoms with Crippen LogP contribution in [-0.2, 0) is 9.53 Å². The molecule has 0 aliphatic heterocycles. The van der Waals surface area contributed by atoms with Crippen LogP contribution in [0.1, 0.15) is 10.4 Å². The number of rotatable bonds is 5. The Kier molecular flexibility index (Phi) is 5.79. The van der Waals surface area contributed by atoms with Gasteiger partial charge in [-0.05, 0) is 18.2 Å². The van der Waals surface area contributed by atoms with Gasteiger partial charge in [-0.25, -0.2) is 4.79 Å². The average Bonchev–Trinajstić information content (AvgIpc) is 2.57. The molecule has 1 N–H and O–H groups in total. The molecule has 0 heterocycles. The molecule has 23 heavy (non-hydrogen) atoms. The molecule has 4 nitrogen and oxygen atoms in total. The number of hydrogen-bond donors (Lipinski definition) is 1. The number of allylic oxidation sites excluding steroid dienone is 1. The third-order valence-corrected chi connectivity index (χ3v) is 3.68. The molecular weight excluding hydrogens is 337 g/mol. The molecule has 0 aromatic heterocycles. The van der Waals surface area contributed by atoms with Gasteiger partial charge in [-0.3, -0.25) is 4.79 Å². The Labute approximate surface area is 143 Å². The minimum absolute atomic E-state index is 0.000239. The molecule has 118 valence electrons. The summed E-state index contributed by atoms with van der Waals surface area (Å²) in [5.74, 6) is -0.987. The third-order valence-electron chi connectivity index (χ3n) is 2.94. The van der Waals surface area contributed by atoms with Crippen molar-refractivity contribution in [1.82, 2.24) is 0 Å². The molecule has 6 heteroatoms. The lowest BCUT2D eigenvalue weighted by atomic mass is 10.1. The van der Waals surface area contributed by atoms with Gasteiger partial charge in [-0.1, -0.05) is 53.5 Å². The van der Waals surface area contributed by atoms with Crippen LogP contribution in [-0.4, -0.2) is 18.9 Å². The van der Waals surface area contributed by atoms with E-state index in [-0.39, 0.29) is 11.5 Å². The van der Waals surface area contributed by atoms with Crippen molar-refractivity contribution in [3.05, 3.63) is 75.9 Å². The Balaban J connectivity index is 2.30. The van der Waals surface area contributed by atoms with Crippen LogP contribution >= 0.6 is 23.2 Å². The first kappa shape index (κ1) is 17.1. The lowest BCUT2D eigenvalue weighted by Gasteiger charge is -2.10. The lowest BCUT2D eigenvalue weighted by molar-refractivity contribution is -0.135. The molecular formula is C17H13Cl2NO3. The Bertz CT molecular complexity index is 758. The van der Waals surface area contributed by atoms with E-state index < -0.39 is 5.97 Å². The average molecular weight is 350 g/mol. The van der Waals surface area contributed by atoms with Crippen molar-refractivity contribution in [2.24, 2.45) is 0 Å². The summed E-state index contributed by atoms with van der Waals surface area (Å²) < 4.78 is 4.69. The highest BCUT2D eigenvalue weighted by Gasteiger charge is 2.14. The number of carbonyl (C=O) groups excluding carboxylic acids is 2. The van der Waals surface area contributed by atoms with Gasteiger partial charge in [0.2, 0.25) is 0 Å². The molecule has 0 aliphatic carbocycles. The molecule has 0 saturated carbocycles. The summed E-state index contributed by atoms with van der Waals surface area (Å²) >= 11 is 11.8. The highest BCUT2D eigenvalue weighted by Crippen LogP contribution is 2.25. The first-order valence-corrected chi connectivity index (χ1v) is 7.38. The van der Waals surface area contributed by atoms with Crippen molar-refractivity contribution in [2.75, 3.05) is 12.4 Å². The zero-order valence-electron chi connectivity index (χ0n) is 12.2. The normalized spacial score (nSPS) is 11.0. The summed E-state index contributed by atoms with van der Waals surface area (Å²) in [6.07, 6.45) is 1.18. The van der Waals surface area contributed by atoms with Gasteiger partial charge in [-0.15, -0.1) is 0 Å². The first-order chi connectivity index (χ1) is 11.0. The summed E-state index contributed by atoms with van der Waals surface area (Å²) in [7, 11) is 1.24. The predicted molar refractivity (Wildman–Crippen MR) is 91.0 cm³/mol. The number of nitrogens with one attached hydrogen (secondary N) is 1. The summed E-state index contributed by atoms with van der Waals surface area (Å²) in [5.41, 5.74) is 0.974. The Morgan fingerprint density at radius 3 is 2.35 bits per heavy atom. The van der Waals surface area contributed by atoms with Gasteiger partial charge in [0.25, 0.3) is 0 Å². The SMILES string of the molecule is COC(=O)C(=CC(=O)c1ccccc1)Nc1ccc(Cl)c(Cl)c1. The molecule has 0 atom stereocenters. The van der Waals surface area contributed by atoms with E-state index in [9.17, 15) is 9.59 Å². The Morgan fingerprint density at radius 2 is 1.74 bits per heavy atom. The Morgan fingerprint density at radius 1 is 1.04 bits per heavy atom. The van der Waals surface area contributed by atoms with Crippen LogP contribution in [0.15, 0.2) is 60.3 Å². The van der Waals surface area contributed by atoms with Gasteiger partial charge in [-0.2, -0.15) is 0 Å². The van der Waals surface area contributed by atoms with Crippen molar-refractivity contribution >= 4 is 40.6 Å². The fourth-order valence-electron chi connectivity index (χ4n) is 1.80. The number of anilines is 1. The maximum absolute atomic E-state index is 12.2. The van der Waals surface area contributed by atoms with Crippen LogP contribution < -0.4 is 5.32 Å². The van der Waals surface area contributed by atoms with E-state index in [2.05, 4.69) is 5.32 Å². The van der Waals surface area contributed by atoms with Crippen molar-refractivity contribution < 1.29 is 14.3 Å². The summed E-state index contributed by atoms with van der Waals surface area (Å²) in [5, 5.41) is 3.54. The van der Waals surface area contributed by atoms with Gasteiger partial charge < -0.3 is 10.1 Å². The van der Waals surface area contributed by atoms with Crippen LogP contribution in [0.25, 0.3) is 0 Å². The third kappa shape index (κ3) is 4.58. The number of methoxy groups -OCH3 is 1. The predicted octanol–water partition coefficient (Wildman–Crippen LogP) is 4.35. The number of carbonyl (C=O) groups is 2. The van der Waals surface area contributed by atoms with Crippen LogP contribution in [0.2, 0.25) is 10.0 Å². The zero-order valence-corrected chi connectivity index (χ0v) is 13.7. The largest absolute Gasteiger partial charge is 0.464 e. The number of hydrogen-bond acceptors (Lipinski definition) is 4. The minimum Gasteiger partial charge on any atom is -0.464 e. The van der Waals surface area contributed by atoms with Crippen molar-refractivity contribution in [1.29, 1.82) is 0 Å². The monoisotopic (exact) mass is 349 g/mol. The van der Waals surface area contributed by atoms with E-state index in [4.69, 9.17) is 27.9 Å². The molecule has 0 fully saturated rings. The Hall–Kier alpha value is -2.30. The first-order valence-electron chi connectivity index (χ1n) is 6.62. The fourth-order valence-corrected chi connectivity index (χ4v) is 2.10. The number of ether oxygens (including phenoxy) is 1. The lowest BCUT2D eigenvalue weighted by Crippen LogP contribution is -2.15. The van der Waals surface area contributed by atoms with Crippen LogP contribution in [0.5, 0.6) is 0 Å². The van der Waals surface area contributed by atoms with Crippen LogP contribution in [0.3, 0.4) is 0 Å². The van der Waals surface area contributed by atoms with Gasteiger partial charge in [0.15, 0.2) is 5.78 Å². The molecule has 2 aromatic carbocycles. The van der Waals surface area contributed by atoms with Crippen molar-refractivity contribution in [3.63, 3.8) is 0 Å². The van der Waals surface area contributed by atoms with Gasteiger partial charge in [0, 0.05) is 17.3 Å². The molecule has 0 spiro atoms. The summed E-state index contributed by atoms with van der Waals surface area (Å²) in [6.45, 7) is 0. The second-order valence-electron chi connectivity index (χ2n) is 4.53. The minimum atomic E-state index is -0.666. The van der Waals surface area contributed by atoms with E-state index in [1.165, 1.54) is 13.2 Å². The number of esters is 1. The maximum atomic E-state index is 12.2. The molecule has 0 radical (unpaired) electrons. The number of ketones is 1. The topological polar surface area (TPSA) is 55.4 Å². The van der Waals surface area contributed by atoms with E-state index in [1.807, 2.05) is 0 Å². The fraction of sp³-hybridized carbons (Fsp3) is 0.0588. The quantitative estimate of drug-likeness (QED) is 0.495. The molecule has 2 aromatic rings. The highest BCUT2D eigenvalue weighted by atomic mass is 35.5. The second-order valence-corrected chi connectivity index (χ2v) is 5.35. The molecule has 0 bridgehead atoms. The van der Waals surface area contributed by atoms with Gasteiger partial charge in [0.1, 0.15) is 5.70 Å². The van der Waals surface area contributed by atoms with Crippen molar-refractivity contribution in [2.45, 2.75) is 0 Å². The molecule has 0 saturated heterocycles. The summed E-state index contributed by atoms with van der Waals surface area (Å²) in [4.78, 5) is 24.1. The van der Waals surface area contributed by atoms with E-state index >= 15 is 0 Å². The van der Waals surface area contributed by atoms with Gasteiger partial charge >= 0.3 is 5.97 Å². The van der Waals surface area contributed by atoms with E-state index in [0.29, 0.717) is 21.3 Å². The smallest absolute Gasteiger partial charge is 0.354 e. The zero-order chi connectivity index (χ0) is 16.8. The van der Waals surface area contributed by atoms with Crippen molar-refractivity contribution in [3.8, 4) is 0 Å². The van der Waals surface area contributed by atoms with Crippen LogP contribution in [0.4, 0.5) is 5.69 Å². The highest BCUT2D eigenvalue weighted by molar-refractivity contribution is 6.42. The number of halogens is 2. The molecule has 0 amide bonds. The number of benzene rings is 2. The molecule has 2 rings (SSSR count). The van der Waals surface area contributed by atoms with Gasteiger partial charge in [0.05, 0.1) is 17.2 Å². The standard InChI is InChI=1S/C17H13Cl2NO3/c1-23-17(22)15(10-16(21)11-5-3-2-4-6-11)20-12-7-8-13(18)14(19)9-12/h2-10,20H,1H3. The summed E-state index contributed by atoms with van der Waals surface area (Å²) in [6, 6.07) is 13.4. The van der Waals surface area contributed by atoms with Crippen LogP contribution in [0, 0.1) is 0 Å².